The third-order valence-corrected chi connectivity index (χ3v) is 1.96. The molecule has 0 radical (unpaired) electrons. The summed E-state index contributed by atoms with van der Waals surface area (Å²) < 4.78 is 5.66. The zero-order valence-electron chi connectivity index (χ0n) is 7.13. The van der Waals surface area contributed by atoms with E-state index in [1.54, 1.807) is 0 Å². The summed E-state index contributed by atoms with van der Waals surface area (Å²) >= 11 is 0. The molecule has 1 aliphatic rings. The smallest absolute Gasteiger partial charge is 0.0703 e. The van der Waals surface area contributed by atoms with Gasteiger partial charge in [0.2, 0.25) is 0 Å². The van der Waals surface area contributed by atoms with E-state index in [-0.39, 0.29) is 0 Å². The van der Waals surface area contributed by atoms with Gasteiger partial charge < -0.3 is 9.64 Å². The van der Waals surface area contributed by atoms with Gasteiger partial charge in [0, 0.05) is 13.1 Å². The van der Waals surface area contributed by atoms with Crippen LogP contribution in [0.5, 0.6) is 0 Å². The highest BCUT2D eigenvalue weighted by atomic mass is 16.5. The predicted octanol–water partition coefficient (Wildman–Crippen LogP) is 1.12. The molecule has 2 atom stereocenters. The van der Waals surface area contributed by atoms with Crippen LogP contribution in [-0.4, -0.2) is 37.2 Å². The van der Waals surface area contributed by atoms with E-state index in [9.17, 15) is 0 Å². The van der Waals surface area contributed by atoms with Gasteiger partial charge in [-0.2, -0.15) is 0 Å². The fourth-order valence-electron chi connectivity index (χ4n) is 1.50. The van der Waals surface area contributed by atoms with Gasteiger partial charge in [-0.1, -0.05) is 6.92 Å². The lowest BCUT2D eigenvalue weighted by Crippen LogP contribution is -2.44. The zero-order valence-corrected chi connectivity index (χ0v) is 7.13. The van der Waals surface area contributed by atoms with Crippen molar-refractivity contribution in [2.45, 2.75) is 32.5 Å². The normalized spacial score (nSPS) is 36.3. The molecule has 1 heterocycles. The van der Waals surface area contributed by atoms with E-state index in [0.717, 1.165) is 19.5 Å². The van der Waals surface area contributed by atoms with Crippen molar-refractivity contribution in [1.82, 2.24) is 4.90 Å². The first-order chi connectivity index (χ1) is 4.72. The molecule has 0 bridgehead atoms. The Bertz CT molecular complexity index is 95.4. The summed E-state index contributed by atoms with van der Waals surface area (Å²) in [5, 5.41) is 0. The van der Waals surface area contributed by atoms with Crippen molar-refractivity contribution in [2.75, 3.05) is 20.1 Å². The summed E-state index contributed by atoms with van der Waals surface area (Å²) in [6.07, 6.45) is 2.02. The average molecular weight is 143 g/mol. The molecule has 1 saturated heterocycles. The Balaban J connectivity index is 2.35. The van der Waals surface area contributed by atoms with Gasteiger partial charge in [0.15, 0.2) is 0 Å². The number of ether oxygens (including phenoxy) is 1. The summed E-state index contributed by atoms with van der Waals surface area (Å²) in [5.41, 5.74) is 0. The second-order valence-electron chi connectivity index (χ2n) is 3.20. The van der Waals surface area contributed by atoms with E-state index in [1.807, 2.05) is 0 Å². The second kappa shape index (κ2) is 3.35. The maximum atomic E-state index is 5.66. The molecule has 1 rings (SSSR count). The molecule has 0 aromatic rings. The zero-order chi connectivity index (χ0) is 7.56. The lowest BCUT2D eigenvalue weighted by atomic mass is 10.2. The summed E-state index contributed by atoms with van der Waals surface area (Å²) in [7, 11) is 2.15. The molecule has 2 nitrogen and oxygen atoms in total. The average Bonchev–Trinajstić information content (AvgIpc) is 1.85. The van der Waals surface area contributed by atoms with Crippen LogP contribution in [0.3, 0.4) is 0 Å². The van der Waals surface area contributed by atoms with Crippen LogP contribution in [0.25, 0.3) is 0 Å². The highest BCUT2D eigenvalue weighted by Crippen LogP contribution is 2.10. The lowest BCUT2D eigenvalue weighted by Gasteiger charge is -2.33. The Morgan fingerprint density at radius 2 is 2.20 bits per heavy atom. The highest BCUT2D eigenvalue weighted by molar-refractivity contribution is 4.71. The van der Waals surface area contributed by atoms with E-state index in [2.05, 4.69) is 25.8 Å². The van der Waals surface area contributed by atoms with Crippen molar-refractivity contribution < 1.29 is 4.74 Å². The van der Waals surface area contributed by atoms with Crippen LogP contribution in [0.2, 0.25) is 0 Å². The minimum absolute atomic E-state index is 0.420. The number of hydrogen-bond acceptors (Lipinski definition) is 2. The molecule has 2 heteroatoms. The number of morpholine rings is 1. The molecule has 60 valence electrons. The Morgan fingerprint density at radius 3 is 2.70 bits per heavy atom. The van der Waals surface area contributed by atoms with Crippen LogP contribution in [0.15, 0.2) is 0 Å². The number of nitrogens with zero attached hydrogens (tertiary/aromatic N) is 1. The first-order valence-corrected chi connectivity index (χ1v) is 4.06. The summed E-state index contributed by atoms with van der Waals surface area (Å²) in [5.74, 6) is 0. The first-order valence-electron chi connectivity index (χ1n) is 4.06. The Morgan fingerprint density at radius 1 is 1.50 bits per heavy atom. The van der Waals surface area contributed by atoms with Gasteiger partial charge in [0.05, 0.1) is 12.2 Å². The Hall–Kier alpha value is -0.0800. The molecule has 0 aromatic heterocycles. The molecule has 0 saturated carbocycles. The van der Waals surface area contributed by atoms with Crippen molar-refractivity contribution in [3.8, 4) is 0 Å². The summed E-state index contributed by atoms with van der Waals surface area (Å²) in [6, 6.07) is 0. The number of rotatable bonds is 1. The van der Waals surface area contributed by atoms with Gasteiger partial charge in [0.1, 0.15) is 0 Å². The second-order valence-corrected chi connectivity index (χ2v) is 3.20. The van der Waals surface area contributed by atoms with E-state index in [0.29, 0.717) is 12.2 Å². The van der Waals surface area contributed by atoms with Crippen LogP contribution < -0.4 is 0 Å². The van der Waals surface area contributed by atoms with Crippen molar-refractivity contribution in [3.05, 3.63) is 0 Å². The van der Waals surface area contributed by atoms with Gasteiger partial charge >= 0.3 is 0 Å². The van der Waals surface area contributed by atoms with Gasteiger partial charge in [-0.25, -0.2) is 0 Å². The van der Waals surface area contributed by atoms with Gasteiger partial charge in [-0.15, -0.1) is 0 Å². The molecule has 0 aromatic carbocycles. The summed E-state index contributed by atoms with van der Waals surface area (Å²) in [6.45, 7) is 6.49. The lowest BCUT2D eigenvalue weighted by molar-refractivity contribution is -0.0703. The molecule has 0 spiro atoms. The van der Waals surface area contributed by atoms with E-state index in [1.165, 1.54) is 0 Å². The monoisotopic (exact) mass is 143 g/mol. The molecule has 0 amide bonds. The van der Waals surface area contributed by atoms with Crippen molar-refractivity contribution in [2.24, 2.45) is 0 Å². The van der Waals surface area contributed by atoms with Crippen LogP contribution in [0.4, 0.5) is 0 Å². The largest absolute Gasteiger partial charge is 0.373 e. The molecule has 1 aliphatic heterocycles. The van der Waals surface area contributed by atoms with Gasteiger partial charge in [-0.3, -0.25) is 0 Å². The van der Waals surface area contributed by atoms with Crippen molar-refractivity contribution in [3.63, 3.8) is 0 Å². The molecular formula is C8H17NO. The third kappa shape index (κ3) is 1.96. The minimum Gasteiger partial charge on any atom is -0.373 e. The van der Waals surface area contributed by atoms with Crippen LogP contribution in [0.1, 0.15) is 20.3 Å². The Kier molecular flexibility index (Phi) is 2.69. The molecular weight excluding hydrogens is 126 g/mol. The number of likely N-dealkylation sites (N-methyl/N-ethyl adjacent to an activating group) is 1. The molecule has 0 N–H and O–H groups in total. The van der Waals surface area contributed by atoms with Crippen LogP contribution in [-0.2, 0) is 4.74 Å². The molecule has 0 aliphatic carbocycles. The van der Waals surface area contributed by atoms with Crippen molar-refractivity contribution >= 4 is 0 Å². The summed E-state index contributed by atoms with van der Waals surface area (Å²) in [4.78, 5) is 2.34. The van der Waals surface area contributed by atoms with Gasteiger partial charge in [0.25, 0.3) is 0 Å². The quantitative estimate of drug-likeness (QED) is 0.545. The van der Waals surface area contributed by atoms with E-state index >= 15 is 0 Å². The topological polar surface area (TPSA) is 12.5 Å². The Labute approximate surface area is 63.2 Å². The maximum Gasteiger partial charge on any atom is 0.0703 e. The first kappa shape index (κ1) is 8.02. The predicted molar refractivity (Wildman–Crippen MR) is 42.1 cm³/mol. The third-order valence-electron chi connectivity index (χ3n) is 1.96. The van der Waals surface area contributed by atoms with Gasteiger partial charge in [-0.05, 0) is 20.4 Å². The fourth-order valence-corrected chi connectivity index (χ4v) is 1.50. The fraction of sp³-hybridized carbons (Fsp3) is 1.00. The SMILES string of the molecule is CCC1CN(C)CC(C)O1. The number of hydrogen-bond donors (Lipinski definition) is 0. The van der Waals surface area contributed by atoms with Crippen molar-refractivity contribution in [1.29, 1.82) is 0 Å². The minimum atomic E-state index is 0.420. The molecule has 10 heavy (non-hydrogen) atoms. The highest BCUT2D eigenvalue weighted by Gasteiger charge is 2.20. The standard InChI is InChI=1S/C8H17NO/c1-4-8-6-9(3)5-7(2)10-8/h7-8H,4-6H2,1-3H3. The maximum absolute atomic E-state index is 5.66. The van der Waals surface area contributed by atoms with E-state index < -0.39 is 0 Å². The van der Waals surface area contributed by atoms with Crippen LogP contribution >= 0.6 is 0 Å². The molecule has 1 fully saturated rings. The van der Waals surface area contributed by atoms with E-state index in [4.69, 9.17) is 4.74 Å². The van der Waals surface area contributed by atoms with Crippen LogP contribution in [0, 0.1) is 0 Å². The molecule has 2 unspecified atom stereocenters.